The van der Waals surface area contributed by atoms with Crippen LogP contribution in [0.2, 0.25) is 5.02 Å². The monoisotopic (exact) mass is 267 g/mol. The maximum atomic E-state index is 12.0. The minimum atomic E-state index is -0.264. The van der Waals surface area contributed by atoms with Crippen LogP contribution in [-0.4, -0.2) is 22.6 Å². The molecule has 18 heavy (non-hydrogen) atoms. The SMILES string of the molecule is C[C@@H]1[C@H](c2cccc(Cl)c2)OC(=O)N1C(C)(C)C. The first kappa shape index (κ1) is 13.2. The summed E-state index contributed by atoms with van der Waals surface area (Å²) >= 11 is 5.98. The van der Waals surface area contributed by atoms with Gasteiger partial charge >= 0.3 is 6.09 Å². The first-order valence-corrected chi connectivity index (χ1v) is 6.44. The van der Waals surface area contributed by atoms with Crippen LogP contribution in [0.5, 0.6) is 0 Å². The highest BCUT2D eigenvalue weighted by atomic mass is 35.5. The van der Waals surface area contributed by atoms with Gasteiger partial charge in [-0.05, 0) is 45.4 Å². The Hall–Kier alpha value is -1.22. The van der Waals surface area contributed by atoms with E-state index < -0.39 is 0 Å². The molecule has 1 amide bonds. The minimum absolute atomic E-state index is 0.00373. The molecule has 0 N–H and O–H groups in total. The van der Waals surface area contributed by atoms with Gasteiger partial charge in [-0.15, -0.1) is 0 Å². The second-order valence-electron chi connectivity index (χ2n) is 5.64. The van der Waals surface area contributed by atoms with E-state index in [1.54, 1.807) is 4.90 Å². The van der Waals surface area contributed by atoms with Crippen LogP contribution >= 0.6 is 11.6 Å². The average molecular weight is 268 g/mol. The number of halogens is 1. The fraction of sp³-hybridized carbons (Fsp3) is 0.500. The molecule has 0 aliphatic carbocycles. The molecule has 0 unspecified atom stereocenters. The number of rotatable bonds is 1. The summed E-state index contributed by atoms with van der Waals surface area (Å²) in [6.45, 7) is 8.02. The van der Waals surface area contributed by atoms with E-state index in [1.807, 2.05) is 52.0 Å². The van der Waals surface area contributed by atoms with Crippen molar-refractivity contribution < 1.29 is 9.53 Å². The Labute approximate surface area is 113 Å². The van der Waals surface area contributed by atoms with Crippen molar-refractivity contribution in [2.45, 2.75) is 45.4 Å². The van der Waals surface area contributed by atoms with Gasteiger partial charge in [-0.25, -0.2) is 4.79 Å². The van der Waals surface area contributed by atoms with Crippen molar-refractivity contribution >= 4 is 17.7 Å². The van der Waals surface area contributed by atoms with E-state index in [2.05, 4.69) is 0 Å². The zero-order valence-electron chi connectivity index (χ0n) is 11.1. The van der Waals surface area contributed by atoms with Crippen molar-refractivity contribution in [2.75, 3.05) is 0 Å². The average Bonchev–Trinajstić information content (AvgIpc) is 2.53. The predicted molar refractivity (Wildman–Crippen MR) is 71.7 cm³/mol. The highest BCUT2D eigenvalue weighted by molar-refractivity contribution is 6.30. The van der Waals surface area contributed by atoms with Gasteiger partial charge in [0.1, 0.15) is 6.10 Å². The molecule has 1 saturated heterocycles. The molecule has 1 fully saturated rings. The van der Waals surface area contributed by atoms with Gasteiger partial charge in [-0.3, -0.25) is 4.90 Å². The highest BCUT2D eigenvalue weighted by Crippen LogP contribution is 2.37. The predicted octanol–water partition coefficient (Wildman–Crippen LogP) is 4.02. The molecule has 4 heteroatoms. The molecule has 1 aliphatic rings. The minimum Gasteiger partial charge on any atom is -0.439 e. The number of nitrogens with zero attached hydrogens (tertiary/aromatic N) is 1. The largest absolute Gasteiger partial charge is 0.439 e. The lowest BCUT2D eigenvalue weighted by atomic mass is 9.99. The Balaban J connectivity index is 2.31. The molecule has 0 radical (unpaired) electrons. The molecule has 0 aromatic heterocycles. The fourth-order valence-corrected chi connectivity index (χ4v) is 2.68. The van der Waals surface area contributed by atoms with Crippen molar-refractivity contribution in [3.8, 4) is 0 Å². The van der Waals surface area contributed by atoms with Crippen LogP contribution in [0.3, 0.4) is 0 Å². The normalized spacial score (nSPS) is 24.3. The summed E-state index contributed by atoms with van der Waals surface area (Å²) in [5, 5.41) is 0.657. The number of carbonyl (C=O) groups excluding carboxylic acids is 1. The smallest absolute Gasteiger partial charge is 0.411 e. The number of hydrogen-bond acceptors (Lipinski definition) is 2. The van der Waals surface area contributed by atoms with Crippen molar-refractivity contribution in [3.63, 3.8) is 0 Å². The van der Waals surface area contributed by atoms with Crippen molar-refractivity contribution in [2.24, 2.45) is 0 Å². The molecule has 2 atom stereocenters. The molecule has 1 aromatic rings. The standard InChI is InChI=1S/C14H18ClNO2/c1-9-12(10-6-5-7-11(15)8-10)18-13(17)16(9)14(2,3)4/h5-9,12H,1-4H3/t9-,12-/m1/s1. The summed E-state index contributed by atoms with van der Waals surface area (Å²) in [6, 6.07) is 7.47. The van der Waals surface area contributed by atoms with E-state index in [0.717, 1.165) is 5.56 Å². The molecule has 1 aromatic carbocycles. The third kappa shape index (κ3) is 2.32. The Morgan fingerprint density at radius 1 is 1.33 bits per heavy atom. The van der Waals surface area contributed by atoms with Crippen LogP contribution in [0.4, 0.5) is 4.79 Å². The first-order chi connectivity index (χ1) is 8.30. The maximum absolute atomic E-state index is 12.0. The molecule has 98 valence electrons. The first-order valence-electron chi connectivity index (χ1n) is 6.06. The Bertz CT molecular complexity index is 467. The number of hydrogen-bond donors (Lipinski definition) is 0. The second kappa shape index (κ2) is 4.47. The third-order valence-electron chi connectivity index (χ3n) is 3.17. The van der Waals surface area contributed by atoms with E-state index in [1.165, 1.54) is 0 Å². The third-order valence-corrected chi connectivity index (χ3v) is 3.40. The lowest BCUT2D eigenvalue weighted by molar-refractivity contribution is 0.119. The molecular formula is C14H18ClNO2. The summed E-state index contributed by atoms with van der Waals surface area (Å²) < 4.78 is 5.48. The van der Waals surface area contributed by atoms with Gasteiger partial charge in [0.15, 0.2) is 0 Å². The zero-order valence-corrected chi connectivity index (χ0v) is 11.9. The van der Waals surface area contributed by atoms with Crippen LogP contribution in [-0.2, 0) is 4.74 Å². The van der Waals surface area contributed by atoms with Crippen LogP contribution in [0.15, 0.2) is 24.3 Å². The lowest BCUT2D eigenvalue weighted by Gasteiger charge is -2.33. The molecule has 1 heterocycles. The van der Waals surface area contributed by atoms with E-state index >= 15 is 0 Å². The number of ether oxygens (including phenoxy) is 1. The molecule has 2 rings (SSSR count). The van der Waals surface area contributed by atoms with Crippen molar-refractivity contribution in [1.82, 2.24) is 4.90 Å². The van der Waals surface area contributed by atoms with E-state index in [4.69, 9.17) is 16.3 Å². The van der Waals surface area contributed by atoms with Crippen LogP contribution in [0.1, 0.15) is 39.4 Å². The molecule has 0 bridgehead atoms. The van der Waals surface area contributed by atoms with Crippen LogP contribution in [0.25, 0.3) is 0 Å². The molecule has 0 saturated carbocycles. The molecule has 0 spiro atoms. The number of benzene rings is 1. The summed E-state index contributed by atoms with van der Waals surface area (Å²) in [5.74, 6) is 0. The van der Waals surface area contributed by atoms with E-state index in [9.17, 15) is 4.79 Å². The number of amides is 1. The fourth-order valence-electron chi connectivity index (χ4n) is 2.48. The van der Waals surface area contributed by atoms with Crippen LogP contribution < -0.4 is 0 Å². The summed E-state index contributed by atoms with van der Waals surface area (Å²) in [5.41, 5.74) is 0.694. The molecule has 3 nitrogen and oxygen atoms in total. The topological polar surface area (TPSA) is 29.5 Å². The van der Waals surface area contributed by atoms with Crippen molar-refractivity contribution in [3.05, 3.63) is 34.9 Å². The van der Waals surface area contributed by atoms with E-state index in [0.29, 0.717) is 5.02 Å². The van der Waals surface area contributed by atoms with Gasteiger partial charge < -0.3 is 4.74 Å². The van der Waals surface area contributed by atoms with Gasteiger partial charge in [-0.2, -0.15) is 0 Å². The van der Waals surface area contributed by atoms with Crippen molar-refractivity contribution in [1.29, 1.82) is 0 Å². The van der Waals surface area contributed by atoms with Crippen LogP contribution in [0, 0.1) is 0 Å². The van der Waals surface area contributed by atoms with E-state index in [-0.39, 0.29) is 23.8 Å². The Morgan fingerprint density at radius 2 is 2.00 bits per heavy atom. The number of carbonyl (C=O) groups is 1. The van der Waals surface area contributed by atoms with Gasteiger partial charge in [0, 0.05) is 10.6 Å². The Morgan fingerprint density at radius 3 is 2.50 bits per heavy atom. The summed E-state index contributed by atoms with van der Waals surface area (Å²) in [4.78, 5) is 13.7. The maximum Gasteiger partial charge on any atom is 0.411 e. The second-order valence-corrected chi connectivity index (χ2v) is 6.08. The van der Waals surface area contributed by atoms with Gasteiger partial charge in [0.2, 0.25) is 0 Å². The number of cyclic esters (lactones) is 1. The summed E-state index contributed by atoms with van der Waals surface area (Å²) in [6.07, 6.45) is -0.518. The van der Waals surface area contributed by atoms with Gasteiger partial charge in [0.25, 0.3) is 0 Å². The van der Waals surface area contributed by atoms with Gasteiger partial charge in [-0.1, -0.05) is 23.7 Å². The quantitative estimate of drug-likeness (QED) is 0.769. The highest BCUT2D eigenvalue weighted by Gasteiger charge is 2.44. The lowest BCUT2D eigenvalue weighted by Crippen LogP contribution is -2.46. The zero-order chi connectivity index (χ0) is 13.5. The Kier molecular flexibility index (Phi) is 3.28. The molecule has 1 aliphatic heterocycles. The summed E-state index contributed by atoms with van der Waals surface area (Å²) in [7, 11) is 0. The molecular weight excluding hydrogens is 250 g/mol. The van der Waals surface area contributed by atoms with Gasteiger partial charge in [0.05, 0.1) is 6.04 Å².